The summed E-state index contributed by atoms with van der Waals surface area (Å²) in [4.78, 5) is 0. The lowest BCUT2D eigenvalue weighted by atomic mass is 10.0. The van der Waals surface area contributed by atoms with Crippen LogP contribution in [0.2, 0.25) is 0 Å². The van der Waals surface area contributed by atoms with Gasteiger partial charge in [-0.05, 0) is 44.7 Å². The van der Waals surface area contributed by atoms with E-state index in [4.69, 9.17) is 0 Å². The molecule has 1 N–H and O–H groups in total. The maximum Gasteiger partial charge on any atom is 0.214 e. The number of sulfonamides is 1. The molecule has 112 valence electrons. The lowest BCUT2D eigenvalue weighted by Gasteiger charge is -2.29. The third-order valence-corrected chi connectivity index (χ3v) is 6.69. The smallest absolute Gasteiger partial charge is 0.214 e. The van der Waals surface area contributed by atoms with E-state index in [1.165, 1.54) is 25.7 Å². The Hall–Kier alpha value is -0.130. The van der Waals surface area contributed by atoms with Crippen molar-refractivity contribution >= 4 is 10.0 Å². The zero-order chi connectivity index (χ0) is 13.7. The zero-order valence-electron chi connectivity index (χ0n) is 12.1. The topological polar surface area (TPSA) is 49.4 Å². The van der Waals surface area contributed by atoms with E-state index in [0.717, 1.165) is 38.8 Å². The fourth-order valence-corrected chi connectivity index (χ4v) is 5.11. The van der Waals surface area contributed by atoms with Crippen molar-refractivity contribution in [3.63, 3.8) is 0 Å². The van der Waals surface area contributed by atoms with E-state index in [-0.39, 0.29) is 6.04 Å². The van der Waals surface area contributed by atoms with Crippen molar-refractivity contribution in [2.24, 2.45) is 5.92 Å². The minimum absolute atomic E-state index is 0.240. The first-order valence-corrected chi connectivity index (χ1v) is 9.37. The van der Waals surface area contributed by atoms with Crippen LogP contribution in [0.5, 0.6) is 0 Å². The highest BCUT2D eigenvalue weighted by Gasteiger charge is 2.29. The minimum Gasteiger partial charge on any atom is -0.316 e. The highest BCUT2D eigenvalue weighted by molar-refractivity contribution is 7.89. The molecule has 0 radical (unpaired) electrons. The van der Waals surface area contributed by atoms with E-state index in [1.807, 2.05) is 0 Å². The molecule has 0 amide bonds. The average molecular weight is 288 g/mol. The first-order valence-electron chi connectivity index (χ1n) is 7.76. The molecule has 1 heterocycles. The SMILES string of the molecule is CN(C1CCCCCC1)S(=O)(=O)CC1CCCNC1. The van der Waals surface area contributed by atoms with Crippen molar-refractivity contribution in [3.8, 4) is 0 Å². The van der Waals surface area contributed by atoms with Crippen LogP contribution in [0.3, 0.4) is 0 Å². The van der Waals surface area contributed by atoms with Crippen LogP contribution in [0, 0.1) is 5.92 Å². The summed E-state index contributed by atoms with van der Waals surface area (Å²) in [6.07, 6.45) is 9.11. The second kappa shape index (κ2) is 7.04. The van der Waals surface area contributed by atoms with Crippen LogP contribution >= 0.6 is 0 Å². The Morgan fingerprint density at radius 1 is 1.05 bits per heavy atom. The van der Waals surface area contributed by atoms with Gasteiger partial charge in [-0.2, -0.15) is 0 Å². The van der Waals surface area contributed by atoms with Crippen LogP contribution in [0.15, 0.2) is 0 Å². The van der Waals surface area contributed by atoms with Crippen LogP contribution in [-0.4, -0.2) is 44.7 Å². The number of rotatable bonds is 4. The quantitative estimate of drug-likeness (QED) is 0.805. The average Bonchev–Trinajstić information content (AvgIpc) is 2.67. The molecule has 0 aromatic rings. The number of hydrogen-bond donors (Lipinski definition) is 1. The van der Waals surface area contributed by atoms with Gasteiger partial charge in [-0.15, -0.1) is 0 Å². The molecule has 0 bridgehead atoms. The van der Waals surface area contributed by atoms with Gasteiger partial charge in [-0.1, -0.05) is 25.7 Å². The molecular weight excluding hydrogens is 260 g/mol. The number of piperidine rings is 1. The first kappa shape index (κ1) is 15.3. The van der Waals surface area contributed by atoms with Gasteiger partial charge in [0.1, 0.15) is 0 Å². The lowest BCUT2D eigenvalue weighted by Crippen LogP contribution is -2.42. The second-order valence-corrected chi connectivity index (χ2v) is 8.23. The van der Waals surface area contributed by atoms with Crippen LogP contribution in [0.25, 0.3) is 0 Å². The summed E-state index contributed by atoms with van der Waals surface area (Å²) in [5, 5.41) is 3.30. The predicted molar refractivity (Wildman–Crippen MR) is 78.6 cm³/mol. The lowest BCUT2D eigenvalue weighted by molar-refractivity contribution is 0.327. The molecule has 19 heavy (non-hydrogen) atoms. The van der Waals surface area contributed by atoms with Crippen molar-refractivity contribution in [2.45, 2.75) is 57.4 Å². The summed E-state index contributed by atoms with van der Waals surface area (Å²) in [6.45, 7) is 1.90. The molecule has 4 nitrogen and oxygen atoms in total. The number of nitrogens with one attached hydrogen (secondary N) is 1. The molecule has 1 saturated carbocycles. The molecule has 2 aliphatic rings. The zero-order valence-corrected chi connectivity index (χ0v) is 12.9. The molecule has 2 fully saturated rings. The fourth-order valence-electron chi connectivity index (χ4n) is 3.33. The molecule has 1 aliphatic carbocycles. The van der Waals surface area contributed by atoms with Crippen molar-refractivity contribution in [1.29, 1.82) is 0 Å². The summed E-state index contributed by atoms with van der Waals surface area (Å²) in [5.74, 6) is 0.625. The van der Waals surface area contributed by atoms with Crippen molar-refractivity contribution in [2.75, 3.05) is 25.9 Å². The van der Waals surface area contributed by atoms with Gasteiger partial charge in [-0.3, -0.25) is 0 Å². The summed E-state index contributed by atoms with van der Waals surface area (Å²) >= 11 is 0. The number of nitrogens with zero attached hydrogens (tertiary/aromatic N) is 1. The van der Waals surface area contributed by atoms with Gasteiger partial charge in [-0.25, -0.2) is 12.7 Å². The molecule has 1 unspecified atom stereocenters. The van der Waals surface area contributed by atoms with E-state index < -0.39 is 10.0 Å². The van der Waals surface area contributed by atoms with Gasteiger partial charge in [0.25, 0.3) is 0 Å². The normalized spacial score (nSPS) is 27.4. The van der Waals surface area contributed by atoms with E-state index in [9.17, 15) is 8.42 Å². The highest BCUT2D eigenvalue weighted by atomic mass is 32.2. The largest absolute Gasteiger partial charge is 0.316 e. The molecule has 1 atom stereocenters. The van der Waals surface area contributed by atoms with Crippen molar-refractivity contribution in [1.82, 2.24) is 9.62 Å². The molecule has 0 aromatic heterocycles. The summed E-state index contributed by atoms with van der Waals surface area (Å²) in [6, 6.07) is 0.240. The van der Waals surface area contributed by atoms with Crippen LogP contribution in [0.1, 0.15) is 51.4 Å². The third kappa shape index (κ3) is 4.43. The Morgan fingerprint density at radius 3 is 2.32 bits per heavy atom. The molecule has 0 spiro atoms. The van der Waals surface area contributed by atoms with E-state index in [0.29, 0.717) is 11.7 Å². The monoisotopic (exact) mass is 288 g/mol. The second-order valence-electron chi connectivity index (χ2n) is 6.15. The third-order valence-electron chi connectivity index (χ3n) is 4.62. The number of hydrogen-bond acceptors (Lipinski definition) is 3. The fraction of sp³-hybridized carbons (Fsp3) is 1.00. The molecule has 5 heteroatoms. The minimum atomic E-state index is -3.08. The maximum atomic E-state index is 12.5. The molecule has 2 rings (SSSR count). The predicted octanol–water partition coefficient (Wildman–Crippen LogP) is 1.97. The molecule has 1 saturated heterocycles. The Balaban J connectivity index is 1.92. The van der Waals surface area contributed by atoms with Crippen LogP contribution in [0.4, 0.5) is 0 Å². The first-order chi connectivity index (χ1) is 9.09. The van der Waals surface area contributed by atoms with Gasteiger partial charge < -0.3 is 5.32 Å². The Labute approximate surface area is 118 Å². The Bertz CT molecular complexity index is 356. The van der Waals surface area contributed by atoms with Gasteiger partial charge in [0.2, 0.25) is 10.0 Å². The van der Waals surface area contributed by atoms with Gasteiger partial charge >= 0.3 is 0 Å². The van der Waals surface area contributed by atoms with E-state index in [1.54, 1.807) is 11.4 Å². The van der Waals surface area contributed by atoms with Gasteiger partial charge in [0.15, 0.2) is 0 Å². The van der Waals surface area contributed by atoms with Crippen molar-refractivity contribution < 1.29 is 8.42 Å². The molecule has 1 aliphatic heterocycles. The van der Waals surface area contributed by atoms with Gasteiger partial charge in [0.05, 0.1) is 5.75 Å². The van der Waals surface area contributed by atoms with E-state index >= 15 is 0 Å². The van der Waals surface area contributed by atoms with Crippen molar-refractivity contribution in [3.05, 3.63) is 0 Å². The van der Waals surface area contributed by atoms with Crippen LogP contribution in [-0.2, 0) is 10.0 Å². The maximum absolute atomic E-state index is 12.5. The van der Waals surface area contributed by atoms with E-state index in [2.05, 4.69) is 5.32 Å². The summed E-state index contributed by atoms with van der Waals surface area (Å²) in [5.41, 5.74) is 0. The summed E-state index contributed by atoms with van der Waals surface area (Å²) in [7, 11) is -1.29. The molecular formula is C14H28N2O2S. The Morgan fingerprint density at radius 2 is 1.74 bits per heavy atom. The van der Waals surface area contributed by atoms with Gasteiger partial charge in [0, 0.05) is 13.1 Å². The molecule has 0 aromatic carbocycles. The summed E-state index contributed by atoms with van der Waals surface area (Å²) < 4.78 is 26.7. The standard InChI is InChI=1S/C14H28N2O2S/c1-16(14-8-4-2-3-5-9-14)19(17,18)12-13-7-6-10-15-11-13/h13-15H,2-12H2,1H3. The van der Waals surface area contributed by atoms with Crippen LogP contribution < -0.4 is 5.32 Å². The Kier molecular flexibility index (Phi) is 5.66. The highest BCUT2D eigenvalue weighted by Crippen LogP contribution is 2.24.